The van der Waals surface area contributed by atoms with Crippen molar-refractivity contribution in [2.45, 2.75) is 18.7 Å². The maximum Gasteiger partial charge on any atom is 0.255 e. The monoisotopic (exact) mass is 299 g/mol. The van der Waals surface area contributed by atoms with E-state index >= 15 is 0 Å². The van der Waals surface area contributed by atoms with Crippen LogP contribution in [-0.4, -0.2) is 17.9 Å². The summed E-state index contributed by atoms with van der Waals surface area (Å²) < 4.78 is 0. The van der Waals surface area contributed by atoms with Crippen LogP contribution in [0.15, 0.2) is 47.4 Å². The van der Waals surface area contributed by atoms with Gasteiger partial charge in [-0.15, -0.1) is 11.8 Å². The second-order valence-corrected chi connectivity index (χ2v) is 5.65. The van der Waals surface area contributed by atoms with Crippen LogP contribution < -0.4 is 5.32 Å². The normalized spacial score (nSPS) is 10.2. The Bertz CT molecular complexity index is 678. The fraction of sp³-hybridized carbons (Fsp3) is 0.176. The van der Waals surface area contributed by atoms with E-state index < -0.39 is 0 Å². The van der Waals surface area contributed by atoms with Gasteiger partial charge in [-0.25, -0.2) is 0 Å². The Balaban J connectivity index is 2.19. The summed E-state index contributed by atoms with van der Waals surface area (Å²) in [6.45, 7) is 3.43. The highest BCUT2D eigenvalue weighted by Gasteiger charge is 2.10. The van der Waals surface area contributed by atoms with Gasteiger partial charge in [-0.3, -0.25) is 9.59 Å². The number of carbonyl (C=O) groups excluding carboxylic acids is 2. The van der Waals surface area contributed by atoms with Gasteiger partial charge in [0.25, 0.3) is 5.91 Å². The van der Waals surface area contributed by atoms with Gasteiger partial charge >= 0.3 is 0 Å². The van der Waals surface area contributed by atoms with Crippen LogP contribution in [0.4, 0.5) is 5.69 Å². The summed E-state index contributed by atoms with van der Waals surface area (Å²) in [5.41, 5.74) is 2.91. The minimum Gasteiger partial charge on any atom is -0.322 e. The summed E-state index contributed by atoms with van der Waals surface area (Å²) >= 11 is 1.60. The van der Waals surface area contributed by atoms with Gasteiger partial charge in [0, 0.05) is 21.7 Å². The zero-order chi connectivity index (χ0) is 15.4. The Kier molecular flexibility index (Phi) is 4.81. The quantitative estimate of drug-likeness (QED) is 0.680. The smallest absolute Gasteiger partial charge is 0.255 e. The highest BCUT2D eigenvalue weighted by Crippen LogP contribution is 2.20. The third kappa shape index (κ3) is 3.73. The van der Waals surface area contributed by atoms with Crippen molar-refractivity contribution in [1.82, 2.24) is 0 Å². The van der Waals surface area contributed by atoms with Crippen molar-refractivity contribution >= 4 is 29.1 Å². The number of anilines is 1. The Morgan fingerprint density at radius 3 is 2.29 bits per heavy atom. The molecule has 1 N–H and O–H groups in total. The molecule has 0 atom stereocenters. The number of ketones is 1. The average Bonchev–Trinajstić information content (AvgIpc) is 2.48. The first-order valence-electron chi connectivity index (χ1n) is 6.58. The van der Waals surface area contributed by atoms with E-state index in [1.54, 1.807) is 36.0 Å². The van der Waals surface area contributed by atoms with Crippen LogP contribution in [0.25, 0.3) is 0 Å². The molecule has 0 radical (unpaired) electrons. The van der Waals surface area contributed by atoms with Gasteiger partial charge in [0.05, 0.1) is 0 Å². The number of hydrogen-bond donors (Lipinski definition) is 1. The molecule has 0 bridgehead atoms. The highest BCUT2D eigenvalue weighted by atomic mass is 32.2. The molecule has 0 unspecified atom stereocenters. The van der Waals surface area contributed by atoms with Crippen LogP contribution in [0, 0.1) is 6.92 Å². The van der Waals surface area contributed by atoms with Gasteiger partial charge in [0.2, 0.25) is 0 Å². The number of thioether (sulfide) groups is 1. The van der Waals surface area contributed by atoms with E-state index in [0.717, 1.165) is 10.5 Å². The predicted molar refractivity (Wildman–Crippen MR) is 87.4 cm³/mol. The summed E-state index contributed by atoms with van der Waals surface area (Å²) in [4.78, 5) is 24.6. The maximum absolute atomic E-state index is 12.3. The number of carbonyl (C=O) groups is 2. The highest BCUT2D eigenvalue weighted by molar-refractivity contribution is 7.98. The van der Waals surface area contributed by atoms with Crippen LogP contribution in [0.5, 0.6) is 0 Å². The summed E-state index contributed by atoms with van der Waals surface area (Å²) in [7, 11) is 0. The van der Waals surface area contributed by atoms with Crippen molar-refractivity contribution in [2.75, 3.05) is 11.6 Å². The van der Waals surface area contributed by atoms with Crippen molar-refractivity contribution < 1.29 is 9.59 Å². The summed E-state index contributed by atoms with van der Waals surface area (Å²) in [5.74, 6) is -0.129. The minimum atomic E-state index is -0.140. The van der Waals surface area contributed by atoms with Gasteiger partial charge < -0.3 is 5.32 Å². The van der Waals surface area contributed by atoms with Crippen LogP contribution >= 0.6 is 11.8 Å². The van der Waals surface area contributed by atoms with E-state index in [2.05, 4.69) is 5.32 Å². The third-order valence-electron chi connectivity index (χ3n) is 3.24. The van der Waals surface area contributed by atoms with Gasteiger partial charge in [-0.1, -0.05) is 6.07 Å². The van der Waals surface area contributed by atoms with E-state index in [9.17, 15) is 9.59 Å². The number of hydrogen-bond acceptors (Lipinski definition) is 3. The number of amides is 1. The molecule has 21 heavy (non-hydrogen) atoms. The Morgan fingerprint density at radius 2 is 1.71 bits per heavy atom. The van der Waals surface area contributed by atoms with E-state index in [-0.39, 0.29) is 11.7 Å². The van der Waals surface area contributed by atoms with Crippen molar-refractivity contribution in [3.05, 3.63) is 59.2 Å². The Morgan fingerprint density at radius 1 is 1.05 bits per heavy atom. The predicted octanol–water partition coefficient (Wildman–Crippen LogP) is 4.17. The molecule has 2 aromatic rings. The molecular formula is C17H17NO2S. The standard InChI is InChI=1S/C17H17NO2S/c1-11-4-9-15(21-3)10-16(11)17(20)18-14-7-5-13(6-8-14)12(2)19/h4-10H,1-3H3,(H,18,20). The molecule has 0 saturated carbocycles. The topological polar surface area (TPSA) is 46.2 Å². The lowest BCUT2D eigenvalue weighted by molar-refractivity contribution is 0.101. The van der Waals surface area contributed by atoms with Gasteiger partial charge in [-0.05, 0) is 62.1 Å². The Hall–Kier alpha value is -2.07. The lowest BCUT2D eigenvalue weighted by Crippen LogP contribution is -2.13. The SMILES string of the molecule is CSc1ccc(C)c(C(=O)Nc2ccc(C(C)=O)cc2)c1. The van der Waals surface area contributed by atoms with E-state index in [4.69, 9.17) is 0 Å². The first-order valence-corrected chi connectivity index (χ1v) is 7.80. The van der Waals surface area contributed by atoms with E-state index in [1.165, 1.54) is 6.92 Å². The maximum atomic E-state index is 12.3. The van der Waals surface area contributed by atoms with Gasteiger partial charge in [0.1, 0.15) is 0 Å². The summed E-state index contributed by atoms with van der Waals surface area (Å²) in [5, 5.41) is 2.86. The minimum absolute atomic E-state index is 0.0105. The fourth-order valence-electron chi connectivity index (χ4n) is 1.96. The van der Waals surface area contributed by atoms with Crippen molar-refractivity contribution in [3.8, 4) is 0 Å². The second kappa shape index (κ2) is 6.59. The second-order valence-electron chi connectivity index (χ2n) is 4.77. The average molecular weight is 299 g/mol. The first-order chi connectivity index (χ1) is 10.0. The molecule has 2 aromatic carbocycles. The van der Waals surface area contributed by atoms with Crippen molar-refractivity contribution in [2.24, 2.45) is 0 Å². The molecule has 0 spiro atoms. The van der Waals surface area contributed by atoms with E-state index in [0.29, 0.717) is 16.8 Å². The number of aryl methyl sites for hydroxylation is 1. The number of nitrogens with one attached hydrogen (secondary N) is 1. The molecule has 2 rings (SSSR count). The molecule has 0 aliphatic rings. The molecule has 0 saturated heterocycles. The molecule has 0 aliphatic heterocycles. The fourth-order valence-corrected chi connectivity index (χ4v) is 2.40. The molecule has 0 fully saturated rings. The molecule has 108 valence electrons. The largest absolute Gasteiger partial charge is 0.322 e. The molecule has 4 heteroatoms. The number of benzene rings is 2. The molecule has 3 nitrogen and oxygen atoms in total. The molecule has 0 heterocycles. The zero-order valence-corrected chi connectivity index (χ0v) is 13.1. The first kappa shape index (κ1) is 15.3. The molecule has 0 aliphatic carbocycles. The van der Waals surface area contributed by atoms with Crippen LogP contribution in [0.2, 0.25) is 0 Å². The van der Waals surface area contributed by atoms with Gasteiger partial charge in [-0.2, -0.15) is 0 Å². The van der Waals surface area contributed by atoms with Crippen LogP contribution in [0.1, 0.15) is 33.2 Å². The summed E-state index contributed by atoms with van der Waals surface area (Å²) in [6.07, 6.45) is 1.98. The number of Topliss-reactive ketones (excluding diaryl/α,β-unsaturated/α-hetero) is 1. The lowest BCUT2D eigenvalue weighted by atomic mass is 10.1. The van der Waals surface area contributed by atoms with E-state index in [1.807, 2.05) is 31.4 Å². The zero-order valence-electron chi connectivity index (χ0n) is 12.3. The lowest BCUT2D eigenvalue weighted by Gasteiger charge is -2.09. The van der Waals surface area contributed by atoms with Crippen molar-refractivity contribution in [3.63, 3.8) is 0 Å². The van der Waals surface area contributed by atoms with Crippen LogP contribution in [0.3, 0.4) is 0 Å². The Labute approximate surface area is 128 Å². The van der Waals surface area contributed by atoms with Crippen LogP contribution in [-0.2, 0) is 0 Å². The summed E-state index contributed by atoms with van der Waals surface area (Å²) in [6, 6.07) is 12.7. The number of rotatable bonds is 4. The molecule has 0 aromatic heterocycles. The third-order valence-corrected chi connectivity index (χ3v) is 3.96. The molecule has 1 amide bonds. The molecular weight excluding hydrogens is 282 g/mol. The van der Waals surface area contributed by atoms with Crippen molar-refractivity contribution in [1.29, 1.82) is 0 Å². The van der Waals surface area contributed by atoms with Gasteiger partial charge in [0.15, 0.2) is 5.78 Å².